The number of likely N-dealkylation sites (tertiary alicyclic amines) is 1. The van der Waals surface area contributed by atoms with Gasteiger partial charge in [0, 0.05) is 25.1 Å². The standard InChI is InChI=1S/C19H20ClN3O4/c1-12-15(16(22-27-12)13-5-2-3-6-14(13)20)17(24)23-9-4-7-19(8-10-23)11-21-18(25)26-19/h2-3,5-6H,4,7-11H2,1H3,(H,21,25)/t19-/m1/s1. The fourth-order valence-corrected chi connectivity index (χ4v) is 4.00. The second kappa shape index (κ2) is 6.88. The molecule has 0 unspecified atom stereocenters. The van der Waals surface area contributed by atoms with E-state index in [1.807, 2.05) is 18.2 Å². The molecule has 2 amide bonds. The zero-order valence-corrected chi connectivity index (χ0v) is 15.7. The lowest BCUT2D eigenvalue weighted by atomic mass is 9.95. The maximum atomic E-state index is 13.3. The van der Waals surface area contributed by atoms with E-state index < -0.39 is 5.60 Å². The Balaban J connectivity index is 1.60. The van der Waals surface area contributed by atoms with Gasteiger partial charge in [0.2, 0.25) is 0 Å². The third-order valence-corrected chi connectivity index (χ3v) is 5.58. The Morgan fingerprint density at radius 3 is 2.85 bits per heavy atom. The van der Waals surface area contributed by atoms with Gasteiger partial charge in [-0.25, -0.2) is 4.79 Å². The van der Waals surface area contributed by atoms with Crippen molar-refractivity contribution in [3.05, 3.63) is 40.6 Å². The largest absolute Gasteiger partial charge is 0.441 e. The molecule has 142 valence electrons. The van der Waals surface area contributed by atoms with E-state index in [2.05, 4.69) is 10.5 Å². The summed E-state index contributed by atoms with van der Waals surface area (Å²) in [5, 5.41) is 7.31. The lowest BCUT2D eigenvalue weighted by Gasteiger charge is -2.25. The monoisotopic (exact) mass is 389 g/mol. The van der Waals surface area contributed by atoms with Crippen molar-refractivity contribution >= 4 is 23.6 Å². The highest BCUT2D eigenvalue weighted by molar-refractivity contribution is 6.33. The number of amides is 2. The Morgan fingerprint density at radius 2 is 2.11 bits per heavy atom. The predicted molar refractivity (Wildman–Crippen MR) is 98.7 cm³/mol. The highest BCUT2D eigenvalue weighted by atomic mass is 35.5. The summed E-state index contributed by atoms with van der Waals surface area (Å²) in [7, 11) is 0. The van der Waals surface area contributed by atoms with E-state index in [0.717, 1.165) is 12.8 Å². The van der Waals surface area contributed by atoms with Crippen LogP contribution in [0.4, 0.5) is 4.79 Å². The maximum Gasteiger partial charge on any atom is 0.407 e. The minimum Gasteiger partial charge on any atom is -0.441 e. The molecule has 1 aromatic heterocycles. The maximum absolute atomic E-state index is 13.3. The average molecular weight is 390 g/mol. The molecule has 4 rings (SSSR count). The smallest absolute Gasteiger partial charge is 0.407 e. The van der Waals surface area contributed by atoms with Gasteiger partial charge in [0.25, 0.3) is 5.91 Å². The van der Waals surface area contributed by atoms with Crippen molar-refractivity contribution in [3.63, 3.8) is 0 Å². The number of hydrogen-bond acceptors (Lipinski definition) is 5. The third kappa shape index (κ3) is 3.27. The molecule has 1 atom stereocenters. The fourth-order valence-electron chi connectivity index (χ4n) is 3.77. The van der Waals surface area contributed by atoms with Gasteiger partial charge in [-0.2, -0.15) is 0 Å². The molecule has 2 fully saturated rings. The molecule has 0 radical (unpaired) electrons. The Kier molecular flexibility index (Phi) is 4.55. The van der Waals surface area contributed by atoms with Gasteiger partial charge in [-0.1, -0.05) is 35.0 Å². The molecule has 0 saturated carbocycles. The molecule has 1 aromatic carbocycles. The van der Waals surface area contributed by atoms with Gasteiger partial charge < -0.3 is 19.5 Å². The molecule has 1 N–H and O–H groups in total. The number of aromatic nitrogens is 1. The summed E-state index contributed by atoms with van der Waals surface area (Å²) in [6.45, 7) is 3.30. The molecular weight excluding hydrogens is 370 g/mol. The Bertz CT molecular complexity index is 897. The van der Waals surface area contributed by atoms with Crippen molar-refractivity contribution in [2.45, 2.75) is 31.8 Å². The van der Waals surface area contributed by atoms with Crippen LogP contribution in [0.15, 0.2) is 28.8 Å². The van der Waals surface area contributed by atoms with Gasteiger partial charge in [-0.3, -0.25) is 4.79 Å². The van der Waals surface area contributed by atoms with Gasteiger partial charge >= 0.3 is 6.09 Å². The quantitative estimate of drug-likeness (QED) is 0.850. The molecule has 8 heteroatoms. The van der Waals surface area contributed by atoms with Crippen LogP contribution in [-0.2, 0) is 4.74 Å². The minimum absolute atomic E-state index is 0.141. The van der Waals surface area contributed by atoms with Crippen LogP contribution in [0.5, 0.6) is 0 Å². The molecule has 2 saturated heterocycles. The summed E-state index contributed by atoms with van der Waals surface area (Å²) in [5.74, 6) is 0.320. The van der Waals surface area contributed by atoms with Crippen molar-refractivity contribution in [1.29, 1.82) is 0 Å². The summed E-state index contributed by atoms with van der Waals surface area (Å²) < 4.78 is 10.8. The van der Waals surface area contributed by atoms with Gasteiger partial charge in [0.1, 0.15) is 22.6 Å². The summed E-state index contributed by atoms with van der Waals surface area (Å²) >= 11 is 6.29. The SMILES string of the molecule is Cc1onc(-c2ccccc2Cl)c1C(=O)N1CCC[C@@]2(CC1)CNC(=O)O2. The summed E-state index contributed by atoms with van der Waals surface area (Å²) in [5.41, 5.74) is 1.04. The van der Waals surface area contributed by atoms with E-state index >= 15 is 0 Å². The van der Waals surface area contributed by atoms with Crippen molar-refractivity contribution in [2.75, 3.05) is 19.6 Å². The Morgan fingerprint density at radius 1 is 1.30 bits per heavy atom. The zero-order valence-electron chi connectivity index (χ0n) is 15.0. The van der Waals surface area contributed by atoms with E-state index in [0.29, 0.717) is 53.7 Å². The predicted octanol–water partition coefficient (Wildman–Crippen LogP) is 3.41. The molecule has 2 aliphatic rings. The Labute approximate surface area is 161 Å². The second-order valence-electron chi connectivity index (χ2n) is 7.01. The van der Waals surface area contributed by atoms with Crippen LogP contribution in [0.3, 0.4) is 0 Å². The van der Waals surface area contributed by atoms with Crippen LogP contribution >= 0.6 is 11.6 Å². The lowest BCUT2D eigenvalue weighted by Crippen LogP contribution is -2.36. The van der Waals surface area contributed by atoms with Crippen molar-refractivity contribution in [1.82, 2.24) is 15.4 Å². The number of halogens is 1. The summed E-state index contributed by atoms with van der Waals surface area (Å²) in [6.07, 6.45) is 1.70. The molecular formula is C19H20ClN3O4. The minimum atomic E-state index is -0.513. The van der Waals surface area contributed by atoms with E-state index in [4.69, 9.17) is 20.9 Å². The Hall–Kier alpha value is -2.54. The number of carbonyl (C=O) groups excluding carboxylic acids is 2. The first-order chi connectivity index (χ1) is 13.0. The van der Waals surface area contributed by atoms with Crippen LogP contribution in [0.1, 0.15) is 35.4 Å². The first-order valence-electron chi connectivity index (χ1n) is 8.96. The highest BCUT2D eigenvalue weighted by Gasteiger charge is 2.42. The number of rotatable bonds is 2. The van der Waals surface area contributed by atoms with Crippen LogP contribution < -0.4 is 5.32 Å². The number of nitrogens with zero attached hydrogens (tertiary/aromatic N) is 2. The lowest BCUT2D eigenvalue weighted by molar-refractivity contribution is 0.0438. The average Bonchev–Trinajstić information content (AvgIpc) is 3.13. The molecule has 3 heterocycles. The number of alkyl carbamates (subject to hydrolysis) is 1. The number of nitrogens with one attached hydrogen (secondary N) is 1. The topological polar surface area (TPSA) is 84.7 Å². The van der Waals surface area contributed by atoms with Crippen molar-refractivity contribution in [2.24, 2.45) is 0 Å². The number of ether oxygens (including phenoxy) is 1. The first-order valence-corrected chi connectivity index (χ1v) is 9.34. The van der Waals surface area contributed by atoms with Crippen LogP contribution in [0.25, 0.3) is 11.3 Å². The first kappa shape index (κ1) is 17.9. The summed E-state index contributed by atoms with van der Waals surface area (Å²) in [4.78, 5) is 26.5. The van der Waals surface area contributed by atoms with Crippen molar-refractivity contribution < 1.29 is 18.8 Å². The molecule has 0 aliphatic carbocycles. The molecule has 0 bridgehead atoms. The number of aryl methyl sites for hydroxylation is 1. The van der Waals surface area contributed by atoms with Gasteiger partial charge in [-0.15, -0.1) is 0 Å². The van der Waals surface area contributed by atoms with E-state index in [1.54, 1.807) is 17.9 Å². The van der Waals surface area contributed by atoms with Crippen molar-refractivity contribution in [3.8, 4) is 11.3 Å². The fraction of sp³-hybridized carbons (Fsp3) is 0.421. The highest BCUT2D eigenvalue weighted by Crippen LogP contribution is 2.34. The van der Waals surface area contributed by atoms with E-state index in [1.165, 1.54) is 0 Å². The molecule has 2 aromatic rings. The zero-order chi connectivity index (χ0) is 19.0. The van der Waals surface area contributed by atoms with Crippen LogP contribution in [0.2, 0.25) is 5.02 Å². The molecule has 2 aliphatic heterocycles. The van der Waals surface area contributed by atoms with Gasteiger partial charge in [0.05, 0.1) is 11.6 Å². The van der Waals surface area contributed by atoms with E-state index in [9.17, 15) is 9.59 Å². The van der Waals surface area contributed by atoms with E-state index in [-0.39, 0.29) is 12.0 Å². The number of carbonyl (C=O) groups is 2. The number of benzene rings is 1. The van der Waals surface area contributed by atoms with Crippen LogP contribution in [0, 0.1) is 6.92 Å². The third-order valence-electron chi connectivity index (χ3n) is 5.25. The van der Waals surface area contributed by atoms with Crippen LogP contribution in [-0.4, -0.2) is 47.3 Å². The number of hydrogen-bond donors (Lipinski definition) is 1. The second-order valence-corrected chi connectivity index (χ2v) is 7.42. The molecule has 7 nitrogen and oxygen atoms in total. The normalized spacial score (nSPS) is 22.4. The molecule has 1 spiro atoms. The van der Waals surface area contributed by atoms with Gasteiger partial charge in [0.15, 0.2) is 0 Å². The molecule has 27 heavy (non-hydrogen) atoms. The summed E-state index contributed by atoms with van der Waals surface area (Å²) in [6, 6.07) is 7.24. The van der Waals surface area contributed by atoms with Gasteiger partial charge in [-0.05, 0) is 25.8 Å².